The number of ether oxygens (including phenoxy) is 1. The van der Waals surface area contributed by atoms with Gasteiger partial charge in [0.05, 0.1) is 0 Å². The van der Waals surface area contributed by atoms with Crippen LogP contribution in [0, 0.1) is 0 Å². The molecular weight excluding hydrogens is 160 g/mol. The molecular formula is C8H8O4. The number of hydrogen-bond acceptors (Lipinski definition) is 4. The quantitative estimate of drug-likeness (QED) is 0.397. The lowest BCUT2D eigenvalue weighted by Crippen LogP contribution is -2.40. The maximum Gasteiger partial charge on any atom is 0.239 e. The Balaban J connectivity index is 3.07. The van der Waals surface area contributed by atoms with E-state index < -0.39 is 23.5 Å². The Hall–Kier alpha value is -1.29. The SMILES string of the molecule is COC1C(=O)C=C(C)C(=O)C1=O. The number of ketones is 3. The molecule has 0 N–H and O–H groups in total. The third-order valence-electron chi connectivity index (χ3n) is 1.67. The maximum absolute atomic E-state index is 11.0. The standard InChI is InChI=1S/C8H8O4/c1-4-3-5(9)8(12-2)7(11)6(4)10/h3,8H,1-2H3. The second kappa shape index (κ2) is 2.98. The Morgan fingerprint density at radius 3 is 2.42 bits per heavy atom. The van der Waals surface area contributed by atoms with Gasteiger partial charge in [0.1, 0.15) is 0 Å². The Kier molecular flexibility index (Phi) is 2.19. The van der Waals surface area contributed by atoms with Crippen LogP contribution in [0.5, 0.6) is 0 Å². The summed E-state index contributed by atoms with van der Waals surface area (Å²) in [6.45, 7) is 1.43. The first kappa shape index (κ1) is 8.80. The zero-order valence-electron chi connectivity index (χ0n) is 6.79. The van der Waals surface area contributed by atoms with Crippen LogP contribution in [-0.2, 0) is 19.1 Å². The smallest absolute Gasteiger partial charge is 0.239 e. The molecule has 4 heteroatoms. The van der Waals surface area contributed by atoms with Crippen molar-refractivity contribution < 1.29 is 19.1 Å². The van der Waals surface area contributed by atoms with Crippen LogP contribution in [-0.4, -0.2) is 30.6 Å². The molecule has 0 heterocycles. The summed E-state index contributed by atoms with van der Waals surface area (Å²) in [5.74, 6) is -1.87. The van der Waals surface area contributed by atoms with Crippen LogP contribution in [0.3, 0.4) is 0 Å². The van der Waals surface area contributed by atoms with Gasteiger partial charge in [-0.05, 0) is 13.0 Å². The summed E-state index contributed by atoms with van der Waals surface area (Å²) >= 11 is 0. The average molecular weight is 168 g/mol. The van der Waals surface area contributed by atoms with Gasteiger partial charge in [-0.1, -0.05) is 0 Å². The van der Waals surface area contributed by atoms with E-state index in [1.807, 2.05) is 0 Å². The summed E-state index contributed by atoms with van der Waals surface area (Å²) in [6.07, 6.45) is -0.0843. The first-order valence-electron chi connectivity index (χ1n) is 3.41. The largest absolute Gasteiger partial charge is 0.365 e. The molecule has 1 atom stereocenters. The Labute approximate surface area is 69.2 Å². The fraction of sp³-hybridized carbons (Fsp3) is 0.375. The molecule has 1 aliphatic rings. The highest BCUT2D eigenvalue weighted by Gasteiger charge is 2.35. The van der Waals surface area contributed by atoms with Crippen LogP contribution in [0.4, 0.5) is 0 Å². The van der Waals surface area contributed by atoms with Gasteiger partial charge in [0, 0.05) is 12.7 Å². The molecule has 64 valence electrons. The molecule has 1 aliphatic carbocycles. The molecule has 0 spiro atoms. The lowest BCUT2D eigenvalue weighted by molar-refractivity contribution is -0.146. The van der Waals surface area contributed by atoms with Gasteiger partial charge >= 0.3 is 0 Å². The molecule has 0 aliphatic heterocycles. The fourth-order valence-electron chi connectivity index (χ4n) is 1.02. The highest BCUT2D eigenvalue weighted by Crippen LogP contribution is 2.10. The number of Topliss-reactive ketones (excluding diaryl/α,β-unsaturated/α-hetero) is 2. The molecule has 0 saturated carbocycles. The minimum atomic E-state index is -1.22. The zero-order valence-corrected chi connectivity index (χ0v) is 6.79. The molecule has 0 aromatic carbocycles. The van der Waals surface area contributed by atoms with Crippen molar-refractivity contribution in [1.29, 1.82) is 0 Å². The van der Waals surface area contributed by atoms with Crippen molar-refractivity contribution in [2.24, 2.45) is 0 Å². The second-order valence-electron chi connectivity index (χ2n) is 2.54. The van der Waals surface area contributed by atoms with E-state index in [-0.39, 0.29) is 5.57 Å². The Morgan fingerprint density at radius 2 is 1.92 bits per heavy atom. The minimum Gasteiger partial charge on any atom is -0.365 e. The maximum atomic E-state index is 11.0. The summed E-state index contributed by atoms with van der Waals surface area (Å²) < 4.78 is 4.57. The summed E-state index contributed by atoms with van der Waals surface area (Å²) in [5.41, 5.74) is 0.179. The van der Waals surface area contributed by atoms with E-state index in [9.17, 15) is 14.4 Å². The Bertz CT molecular complexity index is 287. The molecule has 0 aromatic rings. The molecule has 0 amide bonds. The normalized spacial score (nSPS) is 24.3. The van der Waals surface area contributed by atoms with Crippen LogP contribution in [0.2, 0.25) is 0 Å². The predicted molar refractivity (Wildman–Crippen MR) is 39.6 cm³/mol. The molecule has 1 rings (SSSR count). The number of methoxy groups -OCH3 is 1. The van der Waals surface area contributed by atoms with Gasteiger partial charge in [-0.2, -0.15) is 0 Å². The molecule has 0 bridgehead atoms. The highest BCUT2D eigenvalue weighted by molar-refractivity contribution is 6.51. The highest BCUT2D eigenvalue weighted by atomic mass is 16.5. The second-order valence-corrected chi connectivity index (χ2v) is 2.54. The predicted octanol–water partition coefficient (Wildman–Crippen LogP) is -0.331. The van der Waals surface area contributed by atoms with E-state index in [0.29, 0.717) is 0 Å². The zero-order chi connectivity index (χ0) is 9.30. The average Bonchev–Trinajstić information content (AvgIpc) is 2.01. The van der Waals surface area contributed by atoms with Crippen molar-refractivity contribution in [2.45, 2.75) is 13.0 Å². The number of carbonyl (C=O) groups is 3. The summed E-state index contributed by atoms with van der Waals surface area (Å²) in [6, 6.07) is 0. The summed E-state index contributed by atoms with van der Waals surface area (Å²) in [4.78, 5) is 33.0. The molecule has 0 saturated heterocycles. The van der Waals surface area contributed by atoms with Crippen LogP contribution in [0.1, 0.15) is 6.92 Å². The number of allylic oxidation sites excluding steroid dienone is 1. The number of hydrogen-bond donors (Lipinski definition) is 0. The van der Waals surface area contributed by atoms with E-state index in [2.05, 4.69) is 4.74 Å². The lowest BCUT2D eigenvalue weighted by Gasteiger charge is -2.14. The monoisotopic (exact) mass is 168 g/mol. The van der Waals surface area contributed by atoms with Gasteiger partial charge in [0.15, 0.2) is 11.9 Å². The van der Waals surface area contributed by atoms with Crippen LogP contribution in [0.15, 0.2) is 11.6 Å². The first-order chi connectivity index (χ1) is 5.57. The topological polar surface area (TPSA) is 60.4 Å². The molecule has 4 nitrogen and oxygen atoms in total. The van der Waals surface area contributed by atoms with Crippen molar-refractivity contribution in [3.8, 4) is 0 Å². The number of rotatable bonds is 1. The fourth-order valence-corrected chi connectivity index (χ4v) is 1.02. The van der Waals surface area contributed by atoms with E-state index in [4.69, 9.17) is 0 Å². The first-order valence-corrected chi connectivity index (χ1v) is 3.41. The van der Waals surface area contributed by atoms with Gasteiger partial charge in [-0.15, -0.1) is 0 Å². The van der Waals surface area contributed by atoms with Gasteiger partial charge in [-0.25, -0.2) is 0 Å². The van der Waals surface area contributed by atoms with Crippen molar-refractivity contribution >= 4 is 17.3 Å². The third kappa shape index (κ3) is 1.21. The van der Waals surface area contributed by atoms with E-state index >= 15 is 0 Å². The molecule has 0 radical (unpaired) electrons. The van der Waals surface area contributed by atoms with Crippen LogP contribution >= 0.6 is 0 Å². The molecule has 0 aromatic heterocycles. The van der Waals surface area contributed by atoms with Gasteiger partial charge in [-0.3, -0.25) is 14.4 Å². The van der Waals surface area contributed by atoms with Gasteiger partial charge < -0.3 is 4.74 Å². The van der Waals surface area contributed by atoms with Crippen molar-refractivity contribution in [3.05, 3.63) is 11.6 Å². The van der Waals surface area contributed by atoms with Crippen molar-refractivity contribution in [2.75, 3.05) is 7.11 Å². The van der Waals surface area contributed by atoms with E-state index in [0.717, 1.165) is 6.08 Å². The summed E-state index contributed by atoms with van der Waals surface area (Å²) in [5, 5.41) is 0. The third-order valence-corrected chi connectivity index (χ3v) is 1.67. The van der Waals surface area contributed by atoms with Crippen molar-refractivity contribution in [1.82, 2.24) is 0 Å². The van der Waals surface area contributed by atoms with Crippen LogP contribution in [0.25, 0.3) is 0 Å². The van der Waals surface area contributed by atoms with Gasteiger partial charge in [0.2, 0.25) is 11.6 Å². The Morgan fingerprint density at radius 1 is 1.33 bits per heavy atom. The number of carbonyl (C=O) groups excluding carboxylic acids is 3. The van der Waals surface area contributed by atoms with Gasteiger partial charge in [0.25, 0.3) is 0 Å². The summed E-state index contributed by atoms with van der Waals surface area (Å²) in [7, 11) is 1.22. The van der Waals surface area contributed by atoms with Crippen molar-refractivity contribution in [3.63, 3.8) is 0 Å². The molecule has 1 unspecified atom stereocenters. The van der Waals surface area contributed by atoms with Crippen LogP contribution < -0.4 is 0 Å². The van der Waals surface area contributed by atoms with E-state index in [1.54, 1.807) is 0 Å². The minimum absolute atomic E-state index is 0.179. The molecule has 0 fully saturated rings. The molecule has 12 heavy (non-hydrogen) atoms. The lowest BCUT2D eigenvalue weighted by atomic mass is 9.94. The van der Waals surface area contributed by atoms with E-state index in [1.165, 1.54) is 14.0 Å².